The molecular weight excluding hydrogens is 398 g/mol. The summed E-state index contributed by atoms with van der Waals surface area (Å²) < 4.78 is 80.2. The van der Waals surface area contributed by atoms with E-state index in [9.17, 15) is 41.0 Å². The normalized spacial score (nSPS) is 15.8. The molecule has 0 aromatic heterocycles. The first-order valence-corrected chi connectivity index (χ1v) is 8.05. The predicted octanol–water partition coefficient (Wildman–Crippen LogP) is 3.60. The maximum atomic E-state index is 12.6. The lowest BCUT2D eigenvalue weighted by Gasteiger charge is -2.34. The van der Waals surface area contributed by atoms with Crippen molar-refractivity contribution in [3.63, 3.8) is 0 Å². The number of halogens is 6. The van der Waals surface area contributed by atoms with Crippen LogP contribution in [0.5, 0.6) is 0 Å². The summed E-state index contributed by atoms with van der Waals surface area (Å²) in [6.45, 7) is 7.31. The molecule has 2 unspecified atom stereocenters. The van der Waals surface area contributed by atoms with Crippen molar-refractivity contribution in [2.45, 2.75) is 64.1 Å². The molecule has 162 valence electrons. The molecule has 0 aliphatic carbocycles. The van der Waals surface area contributed by atoms with Gasteiger partial charge in [-0.3, -0.25) is 0 Å². The lowest BCUT2D eigenvalue weighted by molar-refractivity contribution is -0.374. The van der Waals surface area contributed by atoms with E-state index in [1.54, 1.807) is 0 Å². The minimum Gasteiger partial charge on any atom is -0.393 e. The molecule has 11 heteroatoms. The molecule has 0 saturated carbocycles. The Morgan fingerprint density at radius 1 is 1.07 bits per heavy atom. The Hall–Kier alpha value is -1.88. The quantitative estimate of drug-likeness (QED) is 0.271. The molecule has 0 spiro atoms. The molecule has 0 radical (unpaired) electrons. The minimum atomic E-state index is -6.01. The zero-order chi connectivity index (χ0) is 22.5. The van der Waals surface area contributed by atoms with E-state index < -0.39 is 54.8 Å². The van der Waals surface area contributed by atoms with Crippen molar-refractivity contribution in [3.8, 4) is 0 Å². The van der Waals surface area contributed by atoms with Gasteiger partial charge in [0.2, 0.25) is 0 Å². The van der Waals surface area contributed by atoms with Crippen LogP contribution in [0.2, 0.25) is 0 Å². The number of hydrogen-bond acceptors (Lipinski definition) is 5. The summed E-state index contributed by atoms with van der Waals surface area (Å²) in [5.74, 6) is -2.57. The van der Waals surface area contributed by atoms with E-state index in [2.05, 4.69) is 11.3 Å². The molecule has 5 nitrogen and oxygen atoms in total. The molecule has 0 aliphatic rings. The Labute approximate surface area is 157 Å². The van der Waals surface area contributed by atoms with Crippen LogP contribution in [0.4, 0.5) is 26.3 Å². The topological polar surface area (TPSA) is 83.8 Å². The summed E-state index contributed by atoms with van der Waals surface area (Å²) in [7, 11) is 0. The highest BCUT2D eigenvalue weighted by Gasteiger charge is 2.70. The minimum absolute atomic E-state index is 0.00425. The zero-order valence-corrected chi connectivity index (χ0v) is 15.4. The number of rotatable bonds is 8. The van der Waals surface area contributed by atoms with Gasteiger partial charge in [0, 0.05) is 17.6 Å². The second-order valence-corrected chi connectivity index (χ2v) is 6.63. The molecular formula is C17H22F6O5. The first-order valence-electron chi connectivity index (χ1n) is 8.05. The SMILES string of the molecule is C=C(C)C(=O)OC(=O)/C(C)=C\CC(C)CC(O)CC(O)(C(F)(F)F)C(F)(F)F. The van der Waals surface area contributed by atoms with Gasteiger partial charge < -0.3 is 14.9 Å². The van der Waals surface area contributed by atoms with E-state index in [1.165, 1.54) is 26.8 Å². The molecule has 0 saturated heterocycles. The first-order chi connectivity index (χ1) is 12.4. The van der Waals surface area contributed by atoms with Crippen LogP contribution in [0, 0.1) is 5.92 Å². The molecule has 0 fully saturated rings. The van der Waals surface area contributed by atoms with Crippen molar-refractivity contribution in [2.24, 2.45) is 5.92 Å². The van der Waals surface area contributed by atoms with Gasteiger partial charge in [0.1, 0.15) is 0 Å². The van der Waals surface area contributed by atoms with Crippen molar-refractivity contribution >= 4 is 11.9 Å². The van der Waals surface area contributed by atoms with Gasteiger partial charge in [0.05, 0.1) is 6.10 Å². The molecule has 0 aliphatic heterocycles. The number of carbonyl (C=O) groups is 2. The van der Waals surface area contributed by atoms with Crippen molar-refractivity contribution in [3.05, 3.63) is 23.8 Å². The molecule has 0 heterocycles. The molecule has 0 bridgehead atoms. The number of aliphatic hydroxyl groups is 2. The maximum absolute atomic E-state index is 12.6. The second-order valence-electron chi connectivity index (χ2n) is 6.63. The van der Waals surface area contributed by atoms with E-state index in [4.69, 9.17) is 5.11 Å². The molecule has 0 amide bonds. The zero-order valence-electron chi connectivity index (χ0n) is 15.4. The van der Waals surface area contributed by atoms with Gasteiger partial charge in [0.15, 0.2) is 0 Å². The predicted molar refractivity (Wildman–Crippen MR) is 85.8 cm³/mol. The van der Waals surface area contributed by atoms with E-state index in [-0.39, 0.29) is 17.6 Å². The van der Waals surface area contributed by atoms with Crippen LogP contribution < -0.4 is 0 Å². The highest BCUT2D eigenvalue weighted by Crippen LogP contribution is 2.46. The molecule has 0 aromatic rings. The van der Waals surface area contributed by atoms with Crippen LogP contribution in [0.1, 0.15) is 40.0 Å². The Morgan fingerprint density at radius 3 is 1.93 bits per heavy atom. The fourth-order valence-electron chi connectivity index (χ4n) is 2.09. The van der Waals surface area contributed by atoms with Gasteiger partial charge in [-0.05, 0) is 32.6 Å². The van der Waals surface area contributed by atoms with Crippen LogP contribution in [0.25, 0.3) is 0 Å². The summed E-state index contributed by atoms with van der Waals surface area (Å²) in [5.41, 5.74) is -5.06. The van der Waals surface area contributed by atoms with Crippen LogP contribution in [0.3, 0.4) is 0 Å². The molecule has 2 atom stereocenters. The largest absolute Gasteiger partial charge is 0.426 e. The lowest BCUT2D eigenvalue weighted by atomic mass is 9.89. The third kappa shape index (κ3) is 7.27. The molecule has 2 N–H and O–H groups in total. The summed E-state index contributed by atoms with van der Waals surface area (Å²) in [6, 6.07) is 0. The fourth-order valence-corrected chi connectivity index (χ4v) is 2.09. The maximum Gasteiger partial charge on any atom is 0.426 e. The Bertz CT molecular complexity index is 607. The summed E-state index contributed by atoms with van der Waals surface area (Å²) in [5, 5.41) is 18.7. The van der Waals surface area contributed by atoms with Gasteiger partial charge in [-0.2, -0.15) is 26.3 Å². The van der Waals surface area contributed by atoms with E-state index in [1.807, 2.05) is 0 Å². The van der Waals surface area contributed by atoms with Crippen molar-refractivity contribution in [2.75, 3.05) is 0 Å². The number of alkyl halides is 6. The Kier molecular flexibility index (Phi) is 8.91. The second kappa shape index (κ2) is 9.55. The summed E-state index contributed by atoms with van der Waals surface area (Å²) in [6.07, 6.45) is -15.3. The number of esters is 2. The van der Waals surface area contributed by atoms with Crippen LogP contribution >= 0.6 is 0 Å². The van der Waals surface area contributed by atoms with Crippen LogP contribution in [0.15, 0.2) is 23.8 Å². The van der Waals surface area contributed by atoms with Crippen molar-refractivity contribution in [1.82, 2.24) is 0 Å². The van der Waals surface area contributed by atoms with Gasteiger partial charge >= 0.3 is 24.3 Å². The fraction of sp³-hybridized carbons (Fsp3) is 0.647. The monoisotopic (exact) mass is 420 g/mol. The average Bonchev–Trinajstić information content (AvgIpc) is 2.49. The molecule has 0 aromatic carbocycles. The highest BCUT2D eigenvalue weighted by molar-refractivity contribution is 6.00. The van der Waals surface area contributed by atoms with E-state index in [0.29, 0.717) is 0 Å². The van der Waals surface area contributed by atoms with Gasteiger partial charge in [-0.15, -0.1) is 0 Å². The van der Waals surface area contributed by atoms with E-state index >= 15 is 0 Å². The number of allylic oxidation sites excluding steroid dienone is 1. The van der Waals surface area contributed by atoms with Crippen LogP contribution in [-0.4, -0.2) is 46.2 Å². The number of carbonyl (C=O) groups excluding carboxylic acids is 2. The van der Waals surface area contributed by atoms with Gasteiger partial charge in [-0.1, -0.05) is 19.6 Å². The number of hydrogen-bond donors (Lipinski definition) is 2. The number of ether oxygens (including phenoxy) is 1. The van der Waals surface area contributed by atoms with Crippen molar-refractivity contribution < 1.29 is 50.9 Å². The Morgan fingerprint density at radius 2 is 1.54 bits per heavy atom. The number of aliphatic hydroxyl groups excluding tert-OH is 1. The van der Waals surface area contributed by atoms with Gasteiger partial charge in [0.25, 0.3) is 5.60 Å². The third-order valence-corrected chi connectivity index (χ3v) is 3.83. The smallest absolute Gasteiger partial charge is 0.393 e. The Balaban J connectivity index is 4.91. The summed E-state index contributed by atoms with van der Waals surface area (Å²) in [4.78, 5) is 22.8. The summed E-state index contributed by atoms with van der Waals surface area (Å²) >= 11 is 0. The van der Waals surface area contributed by atoms with Crippen molar-refractivity contribution in [1.29, 1.82) is 0 Å². The standard InChI is InChI=1S/C17H22F6O5/c1-9(2)13(25)28-14(26)11(4)6-5-10(3)7-12(24)8-15(27,16(18,19)20)17(21,22)23/h6,10,12,24,27H,1,5,7-8H2,2-4H3/b11-6-. The highest BCUT2D eigenvalue weighted by atomic mass is 19.4. The molecule has 28 heavy (non-hydrogen) atoms. The first kappa shape index (κ1) is 26.1. The van der Waals surface area contributed by atoms with Gasteiger partial charge in [-0.25, -0.2) is 9.59 Å². The van der Waals surface area contributed by atoms with E-state index in [0.717, 1.165) is 0 Å². The average molecular weight is 420 g/mol. The van der Waals surface area contributed by atoms with Crippen LogP contribution in [-0.2, 0) is 14.3 Å². The third-order valence-electron chi connectivity index (χ3n) is 3.83. The molecule has 0 rings (SSSR count). The lowest BCUT2D eigenvalue weighted by Crippen LogP contribution is -2.58.